The van der Waals surface area contributed by atoms with Crippen molar-refractivity contribution in [1.29, 1.82) is 10.8 Å². The first-order valence-electron chi connectivity index (χ1n) is 7.33. The van der Waals surface area contributed by atoms with Gasteiger partial charge in [-0.3, -0.25) is 15.8 Å². The predicted molar refractivity (Wildman–Crippen MR) is 94.4 cm³/mol. The molecule has 0 fully saturated rings. The SMILES string of the molecule is CN=C(N)C(=N)OC(=N)c1ccccc1Nc1ccc(C(F)(F)F)cc1. The first kappa shape index (κ1) is 19.0. The van der Waals surface area contributed by atoms with Crippen LogP contribution in [0.25, 0.3) is 0 Å². The maximum absolute atomic E-state index is 12.6. The van der Waals surface area contributed by atoms with Crippen LogP contribution in [0.4, 0.5) is 24.5 Å². The third kappa shape index (κ3) is 4.59. The maximum Gasteiger partial charge on any atom is 0.416 e. The number of anilines is 2. The van der Waals surface area contributed by atoms with Gasteiger partial charge in [-0.15, -0.1) is 0 Å². The lowest BCUT2D eigenvalue weighted by atomic mass is 10.1. The summed E-state index contributed by atoms with van der Waals surface area (Å²) >= 11 is 0. The van der Waals surface area contributed by atoms with Gasteiger partial charge in [0, 0.05) is 12.7 Å². The summed E-state index contributed by atoms with van der Waals surface area (Å²) in [5, 5.41) is 18.5. The fourth-order valence-electron chi connectivity index (χ4n) is 2.00. The van der Waals surface area contributed by atoms with Crippen molar-refractivity contribution in [3.8, 4) is 0 Å². The average molecular weight is 363 g/mol. The minimum absolute atomic E-state index is 0.164. The molecule has 26 heavy (non-hydrogen) atoms. The number of halogens is 3. The Morgan fingerprint density at radius 3 is 2.27 bits per heavy atom. The molecular weight excluding hydrogens is 347 g/mol. The molecule has 0 unspecified atom stereocenters. The van der Waals surface area contributed by atoms with Crippen LogP contribution >= 0.6 is 0 Å². The van der Waals surface area contributed by atoms with E-state index in [9.17, 15) is 13.2 Å². The molecule has 6 nitrogen and oxygen atoms in total. The Kier molecular flexibility index (Phi) is 5.61. The Hall–Kier alpha value is -3.36. The lowest BCUT2D eigenvalue weighted by Crippen LogP contribution is -2.27. The molecule has 0 aliphatic heterocycles. The first-order chi connectivity index (χ1) is 12.2. The number of rotatable bonds is 3. The van der Waals surface area contributed by atoms with Crippen molar-refractivity contribution in [2.24, 2.45) is 10.7 Å². The molecule has 0 heterocycles. The number of nitrogens with zero attached hydrogens (tertiary/aromatic N) is 1. The summed E-state index contributed by atoms with van der Waals surface area (Å²) in [7, 11) is 1.39. The number of aliphatic imine (C=N–C) groups is 1. The lowest BCUT2D eigenvalue weighted by molar-refractivity contribution is -0.137. The molecule has 0 saturated carbocycles. The normalized spacial score (nSPS) is 11.8. The standard InChI is InChI=1S/C17H16F3N5O/c1-24-14(21)16(23)26-15(22)12-4-2-3-5-13(12)25-11-8-6-10(7-9-11)17(18,19)20/h2-9,22-23,25H,1H3,(H2,21,24). The second-order valence-corrected chi connectivity index (χ2v) is 5.11. The molecule has 0 aliphatic rings. The van der Waals surface area contributed by atoms with E-state index in [1.54, 1.807) is 24.3 Å². The molecule has 2 rings (SSSR count). The minimum atomic E-state index is -4.41. The highest BCUT2D eigenvalue weighted by atomic mass is 19.4. The van der Waals surface area contributed by atoms with Crippen molar-refractivity contribution < 1.29 is 17.9 Å². The van der Waals surface area contributed by atoms with Crippen molar-refractivity contribution in [3.05, 3.63) is 59.7 Å². The van der Waals surface area contributed by atoms with E-state index in [0.29, 0.717) is 16.9 Å². The zero-order valence-corrected chi connectivity index (χ0v) is 13.7. The molecule has 0 atom stereocenters. The van der Waals surface area contributed by atoms with E-state index in [2.05, 4.69) is 10.3 Å². The van der Waals surface area contributed by atoms with Crippen molar-refractivity contribution in [1.82, 2.24) is 0 Å². The van der Waals surface area contributed by atoms with Gasteiger partial charge in [0.2, 0.25) is 5.90 Å². The summed E-state index contributed by atoms with van der Waals surface area (Å²) in [6.45, 7) is 0. The predicted octanol–water partition coefficient (Wildman–Crippen LogP) is 3.76. The number of para-hydroxylation sites is 1. The average Bonchev–Trinajstić information content (AvgIpc) is 2.61. The molecule has 0 bridgehead atoms. The minimum Gasteiger partial charge on any atom is -0.417 e. The Morgan fingerprint density at radius 2 is 1.69 bits per heavy atom. The molecular formula is C17H16F3N5O. The molecule has 2 aromatic carbocycles. The molecule has 0 radical (unpaired) electrons. The zero-order valence-electron chi connectivity index (χ0n) is 13.7. The van der Waals surface area contributed by atoms with Crippen LogP contribution in [0.3, 0.4) is 0 Å². The van der Waals surface area contributed by atoms with E-state index < -0.39 is 17.6 Å². The molecule has 0 amide bonds. The van der Waals surface area contributed by atoms with Crippen molar-refractivity contribution >= 4 is 29.0 Å². The monoisotopic (exact) mass is 363 g/mol. The van der Waals surface area contributed by atoms with Crippen LogP contribution in [0.5, 0.6) is 0 Å². The van der Waals surface area contributed by atoms with Gasteiger partial charge in [-0.1, -0.05) is 12.1 Å². The lowest BCUT2D eigenvalue weighted by Gasteiger charge is -2.14. The Balaban J connectivity index is 2.21. The summed E-state index contributed by atoms with van der Waals surface area (Å²) < 4.78 is 42.9. The van der Waals surface area contributed by atoms with Gasteiger partial charge in [-0.05, 0) is 36.4 Å². The van der Waals surface area contributed by atoms with Gasteiger partial charge < -0.3 is 15.8 Å². The van der Waals surface area contributed by atoms with Gasteiger partial charge in [-0.25, -0.2) is 0 Å². The number of nitrogens with two attached hydrogens (primary N) is 1. The number of hydrogen-bond donors (Lipinski definition) is 4. The highest BCUT2D eigenvalue weighted by Crippen LogP contribution is 2.30. The zero-order chi connectivity index (χ0) is 19.3. The summed E-state index contributed by atoms with van der Waals surface area (Å²) in [4.78, 5) is 3.59. The fraction of sp³-hybridized carbons (Fsp3) is 0.118. The molecule has 0 aromatic heterocycles. The van der Waals surface area contributed by atoms with E-state index in [0.717, 1.165) is 12.1 Å². The van der Waals surface area contributed by atoms with Crippen LogP contribution in [-0.4, -0.2) is 24.7 Å². The third-order valence-corrected chi connectivity index (χ3v) is 3.34. The van der Waals surface area contributed by atoms with E-state index in [1.165, 1.54) is 19.2 Å². The van der Waals surface area contributed by atoms with Crippen molar-refractivity contribution in [2.75, 3.05) is 12.4 Å². The number of alkyl halides is 3. The van der Waals surface area contributed by atoms with E-state index in [1.807, 2.05) is 0 Å². The number of hydrogen-bond acceptors (Lipinski definition) is 5. The van der Waals surface area contributed by atoms with Gasteiger partial charge in [0.25, 0.3) is 5.90 Å². The quantitative estimate of drug-likeness (QED) is 0.493. The van der Waals surface area contributed by atoms with Crippen molar-refractivity contribution in [3.63, 3.8) is 0 Å². The molecule has 2 aromatic rings. The van der Waals surface area contributed by atoms with E-state index >= 15 is 0 Å². The number of nitrogens with one attached hydrogen (secondary N) is 3. The molecule has 0 saturated heterocycles. The maximum atomic E-state index is 12.6. The van der Waals surface area contributed by atoms with Crippen LogP contribution in [0.1, 0.15) is 11.1 Å². The smallest absolute Gasteiger partial charge is 0.416 e. The molecule has 9 heteroatoms. The summed E-state index contributed by atoms with van der Waals surface area (Å²) in [6, 6.07) is 11.0. The molecule has 0 spiro atoms. The molecule has 0 aliphatic carbocycles. The van der Waals surface area contributed by atoms with Gasteiger partial charge in [0.15, 0.2) is 5.84 Å². The second kappa shape index (κ2) is 7.68. The van der Waals surface area contributed by atoms with Crippen LogP contribution in [0.2, 0.25) is 0 Å². The molecule has 5 N–H and O–H groups in total. The topological polar surface area (TPSA) is 107 Å². The summed E-state index contributed by atoms with van der Waals surface area (Å²) in [6.07, 6.45) is -4.41. The van der Waals surface area contributed by atoms with Gasteiger partial charge in [-0.2, -0.15) is 13.2 Å². The van der Waals surface area contributed by atoms with Crippen LogP contribution in [0.15, 0.2) is 53.5 Å². The molecule has 136 valence electrons. The van der Waals surface area contributed by atoms with Gasteiger partial charge in [0.1, 0.15) is 0 Å². The van der Waals surface area contributed by atoms with Crippen LogP contribution in [-0.2, 0) is 10.9 Å². The number of amidine groups is 1. The third-order valence-electron chi connectivity index (χ3n) is 3.34. The summed E-state index contributed by atoms with van der Waals surface area (Å²) in [5.74, 6) is -0.985. The Bertz CT molecular complexity index is 844. The summed E-state index contributed by atoms with van der Waals surface area (Å²) in [5.41, 5.74) is 5.84. The number of ether oxygens (including phenoxy) is 1. The van der Waals surface area contributed by atoms with Gasteiger partial charge in [0.05, 0.1) is 16.8 Å². The van der Waals surface area contributed by atoms with E-state index in [4.69, 9.17) is 21.3 Å². The number of benzene rings is 2. The highest BCUT2D eigenvalue weighted by Gasteiger charge is 2.29. The first-order valence-corrected chi connectivity index (χ1v) is 7.33. The Morgan fingerprint density at radius 1 is 1.08 bits per heavy atom. The second-order valence-electron chi connectivity index (χ2n) is 5.11. The van der Waals surface area contributed by atoms with Crippen molar-refractivity contribution in [2.45, 2.75) is 6.18 Å². The van der Waals surface area contributed by atoms with E-state index in [-0.39, 0.29) is 11.7 Å². The largest absolute Gasteiger partial charge is 0.417 e. The van der Waals surface area contributed by atoms with Gasteiger partial charge >= 0.3 is 6.18 Å². The highest BCUT2D eigenvalue weighted by molar-refractivity contribution is 6.38. The van der Waals surface area contributed by atoms with Crippen LogP contribution in [0, 0.1) is 10.8 Å². The fourth-order valence-corrected chi connectivity index (χ4v) is 2.00. The van der Waals surface area contributed by atoms with Crippen LogP contribution < -0.4 is 11.1 Å². The Labute approximate surface area is 147 Å².